The Hall–Kier alpha value is -4.01. The lowest BCUT2D eigenvalue weighted by Gasteiger charge is -2.32. The molecule has 0 heterocycles. The average molecular weight is 656 g/mol. The minimum atomic E-state index is -5.26. The zero-order valence-corrected chi connectivity index (χ0v) is 24.0. The van der Waals surface area contributed by atoms with Gasteiger partial charge in [0.15, 0.2) is 0 Å². The predicted molar refractivity (Wildman–Crippen MR) is 142 cm³/mol. The van der Waals surface area contributed by atoms with Crippen LogP contribution in [0.2, 0.25) is 0 Å². The maximum atomic E-state index is 14.7. The molecule has 0 aliphatic heterocycles. The lowest BCUT2D eigenvalue weighted by Crippen LogP contribution is -2.41. The fraction of sp³-hybridized carbons (Fsp3) is 0.367. The van der Waals surface area contributed by atoms with Gasteiger partial charge in [-0.15, -0.1) is 0 Å². The van der Waals surface area contributed by atoms with Crippen LogP contribution in [0.1, 0.15) is 66.2 Å². The van der Waals surface area contributed by atoms with E-state index in [-0.39, 0.29) is 46.2 Å². The number of methoxy groups -OCH3 is 1. The van der Waals surface area contributed by atoms with Crippen LogP contribution in [-0.2, 0) is 25.1 Å². The first-order valence-corrected chi connectivity index (χ1v) is 13.1. The summed E-state index contributed by atoms with van der Waals surface area (Å²) in [5.41, 5.74) is -5.79. The van der Waals surface area contributed by atoms with Gasteiger partial charge in [-0.3, -0.25) is 4.90 Å². The number of aliphatic hydroxyl groups excluding tert-OH is 1. The number of aliphatic hydroxyl groups is 1. The molecule has 0 fully saturated rings. The lowest BCUT2D eigenvalue weighted by molar-refractivity contribution is -0.143. The highest BCUT2D eigenvalue weighted by Crippen LogP contribution is 2.41. The first-order chi connectivity index (χ1) is 20.6. The second-order valence-electron chi connectivity index (χ2n) is 10.5. The second-order valence-corrected chi connectivity index (χ2v) is 10.5. The van der Waals surface area contributed by atoms with Gasteiger partial charge in [-0.25, -0.2) is 9.18 Å². The third kappa shape index (κ3) is 7.99. The Balaban J connectivity index is 2.19. The standard InChI is InChI=1S/C30H27F10NO4/c1-14(2)22-11-23(25(45-4)12-24(22)31)21-6-5-18(28(32,33)34)9-17(21)13-41(27(43)44)15(3)26(42)16-7-19(29(35,36)37)10-20(8-16)30(38,39)40/h5-12,14-15,26,42H,13H2,1-4H3,(H,43,44)/t15-,26-/m0/s1. The normalized spacial score (nSPS) is 14.0. The number of nitrogens with zero attached hydrogens (tertiary/aromatic N) is 1. The number of ether oxygens (including phenoxy) is 1. The van der Waals surface area contributed by atoms with Crippen LogP contribution in [0.15, 0.2) is 48.5 Å². The Morgan fingerprint density at radius 3 is 1.78 bits per heavy atom. The van der Waals surface area contributed by atoms with Crippen LogP contribution in [0, 0.1) is 5.82 Å². The second kappa shape index (κ2) is 12.8. The molecule has 0 unspecified atom stereocenters. The van der Waals surface area contributed by atoms with E-state index in [1.807, 2.05) is 0 Å². The quantitative estimate of drug-likeness (QED) is 0.238. The van der Waals surface area contributed by atoms with Gasteiger partial charge in [0.25, 0.3) is 0 Å². The highest BCUT2D eigenvalue weighted by Gasteiger charge is 2.39. The average Bonchev–Trinajstić information content (AvgIpc) is 2.92. The van der Waals surface area contributed by atoms with Crippen molar-refractivity contribution in [3.8, 4) is 16.9 Å². The molecule has 0 saturated heterocycles. The summed E-state index contributed by atoms with van der Waals surface area (Å²) in [7, 11) is 1.17. The van der Waals surface area contributed by atoms with Crippen molar-refractivity contribution in [3.05, 3.63) is 87.7 Å². The van der Waals surface area contributed by atoms with Crippen molar-refractivity contribution in [2.45, 2.75) is 63.9 Å². The van der Waals surface area contributed by atoms with E-state index < -0.39 is 77.3 Å². The molecule has 0 aliphatic rings. The SMILES string of the molecule is COc1cc(F)c(C(C)C)cc1-c1ccc(C(F)(F)F)cc1CN(C(=O)O)[C@@H](C)[C@H](O)c1cc(C(F)(F)F)cc(C(F)(F)F)c1. The summed E-state index contributed by atoms with van der Waals surface area (Å²) < 4.78 is 141. The smallest absolute Gasteiger partial charge is 0.416 e. The van der Waals surface area contributed by atoms with E-state index in [2.05, 4.69) is 0 Å². The van der Waals surface area contributed by atoms with Crippen LogP contribution < -0.4 is 4.74 Å². The summed E-state index contributed by atoms with van der Waals surface area (Å²) in [4.78, 5) is 12.7. The molecule has 0 aromatic heterocycles. The highest BCUT2D eigenvalue weighted by molar-refractivity contribution is 5.76. The summed E-state index contributed by atoms with van der Waals surface area (Å²) in [6.45, 7) is 3.34. The van der Waals surface area contributed by atoms with E-state index >= 15 is 0 Å². The molecule has 3 rings (SSSR count). The van der Waals surface area contributed by atoms with Crippen molar-refractivity contribution >= 4 is 6.09 Å². The Bertz CT molecular complexity index is 1520. The first kappa shape index (κ1) is 35.5. The predicted octanol–water partition coefficient (Wildman–Crippen LogP) is 9.28. The zero-order chi connectivity index (χ0) is 34.2. The van der Waals surface area contributed by atoms with Crippen molar-refractivity contribution in [3.63, 3.8) is 0 Å². The van der Waals surface area contributed by atoms with Gasteiger partial charge in [0, 0.05) is 11.6 Å². The summed E-state index contributed by atoms with van der Waals surface area (Å²) in [6, 6.07) is 3.11. The van der Waals surface area contributed by atoms with Crippen LogP contribution >= 0.6 is 0 Å². The molecule has 0 bridgehead atoms. The number of benzene rings is 3. The number of rotatable bonds is 8. The molecule has 2 atom stereocenters. The van der Waals surface area contributed by atoms with Gasteiger partial charge < -0.3 is 14.9 Å². The number of hydrogen-bond acceptors (Lipinski definition) is 3. The van der Waals surface area contributed by atoms with E-state index in [9.17, 15) is 58.9 Å². The van der Waals surface area contributed by atoms with Crippen LogP contribution in [-0.4, -0.2) is 34.4 Å². The van der Waals surface area contributed by atoms with Crippen LogP contribution in [0.3, 0.4) is 0 Å². The zero-order valence-electron chi connectivity index (χ0n) is 24.0. The molecular formula is C30H27F10NO4. The molecule has 0 radical (unpaired) electrons. The summed E-state index contributed by atoms with van der Waals surface area (Å²) in [5.74, 6) is -1.19. The highest BCUT2D eigenvalue weighted by atomic mass is 19.4. The molecule has 2 N–H and O–H groups in total. The molecule has 15 heteroatoms. The Morgan fingerprint density at radius 2 is 1.33 bits per heavy atom. The largest absolute Gasteiger partial charge is 0.496 e. The fourth-order valence-electron chi connectivity index (χ4n) is 4.73. The molecule has 0 aliphatic carbocycles. The summed E-state index contributed by atoms with van der Waals surface area (Å²) in [6.07, 6.45) is -19.6. The third-order valence-corrected chi connectivity index (χ3v) is 7.15. The van der Waals surface area contributed by atoms with Crippen molar-refractivity contribution < 1.29 is 63.6 Å². The van der Waals surface area contributed by atoms with E-state index in [0.29, 0.717) is 17.0 Å². The summed E-state index contributed by atoms with van der Waals surface area (Å²) in [5, 5.41) is 20.8. The van der Waals surface area contributed by atoms with Gasteiger partial charge >= 0.3 is 24.6 Å². The van der Waals surface area contributed by atoms with Crippen molar-refractivity contribution in [1.29, 1.82) is 0 Å². The third-order valence-electron chi connectivity index (χ3n) is 7.15. The topological polar surface area (TPSA) is 70.0 Å². The maximum absolute atomic E-state index is 14.7. The lowest BCUT2D eigenvalue weighted by atomic mass is 9.91. The number of carboxylic acid groups (broad SMARTS) is 1. The monoisotopic (exact) mass is 655 g/mol. The fourth-order valence-corrected chi connectivity index (χ4v) is 4.73. The molecule has 5 nitrogen and oxygen atoms in total. The van der Waals surface area contributed by atoms with Crippen LogP contribution in [0.5, 0.6) is 5.75 Å². The number of amides is 1. The van der Waals surface area contributed by atoms with Crippen molar-refractivity contribution in [2.75, 3.05) is 7.11 Å². The van der Waals surface area contributed by atoms with Crippen LogP contribution in [0.25, 0.3) is 11.1 Å². The number of alkyl halides is 9. The molecule has 1 amide bonds. The van der Waals surface area contributed by atoms with Gasteiger partial charge in [0.1, 0.15) is 11.6 Å². The van der Waals surface area contributed by atoms with E-state index in [1.165, 1.54) is 13.2 Å². The molecular weight excluding hydrogens is 628 g/mol. The van der Waals surface area contributed by atoms with Gasteiger partial charge in [-0.2, -0.15) is 39.5 Å². The molecule has 246 valence electrons. The van der Waals surface area contributed by atoms with Crippen LogP contribution in [0.4, 0.5) is 48.7 Å². The minimum Gasteiger partial charge on any atom is -0.496 e. The van der Waals surface area contributed by atoms with Gasteiger partial charge in [0.2, 0.25) is 0 Å². The maximum Gasteiger partial charge on any atom is 0.416 e. The Labute approximate surface area is 250 Å². The van der Waals surface area contributed by atoms with E-state index in [1.54, 1.807) is 13.8 Å². The molecule has 45 heavy (non-hydrogen) atoms. The Morgan fingerprint density at radius 1 is 0.800 bits per heavy atom. The summed E-state index contributed by atoms with van der Waals surface area (Å²) >= 11 is 0. The molecule has 3 aromatic carbocycles. The first-order valence-electron chi connectivity index (χ1n) is 13.1. The van der Waals surface area contributed by atoms with Crippen molar-refractivity contribution in [2.24, 2.45) is 0 Å². The Kier molecular flexibility index (Phi) is 10.1. The molecule has 0 saturated carbocycles. The van der Waals surface area contributed by atoms with Gasteiger partial charge in [-0.1, -0.05) is 19.9 Å². The van der Waals surface area contributed by atoms with Gasteiger partial charge in [-0.05, 0) is 71.5 Å². The van der Waals surface area contributed by atoms with Gasteiger partial charge in [0.05, 0.1) is 42.5 Å². The van der Waals surface area contributed by atoms with E-state index in [4.69, 9.17) is 4.74 Å². The minimum absolute atomic E-state index is 0.0342. The molecule has 3 aromatic rings. The molecule has 0 spiro atoms. The number of carbonyl (C=O) groups is 1. The van der Waals surface area contributed by atoms with E-state index in [0.717, 1.165) is 19.1 Å². The number of halogens is 10. The number of hydrogen-bond donors (Lipinski definition) is 2. The van der Waals surface area contributed by atoms with Crippen molar-refractivity contribution in [1.82, 2.24) is 4.90 Å².